The van der Waals surface area contributed by atoms with Gasteiger partial charge in [-0.05, 0) is 18.1 Å². The minimum atomic E-state index is 0.877. The zero-order valence-electron chi connectivity index (χ0n) is 10.6. The van der Waals surface area contributed by atoms with Gasteiger partial charge in [0.05, 0.1) is 11.4 Å². The van der Waals surface area contributed by atoms with Crippen molar-refractivity contribution < 1.29 is 0 Å². The summed E-state index contributed by atoms with van der Waals surface area (Å²) in [5.74, 6) is 0. The molecule has 0 bridgehead atoms. The van der Waals surface area contributed by atoms with E-state index in [1.165, 1.54) is 22.4 Å². The number of benzene rings is 1. The van der Waals surface area contributed by atoms with Crippen molar-refractivity contribution in [3.63, 3.8) is 0 Å². The van der Waals surface area contributed by atoms with Crippen molar-refractivity contribution in [1.29, 1.82) is 0 Å². The summed E-state index contributed by atoms with van der Waals surface area (Å²) in [6.45, 7) is 4.07. The normalized spacial score (nSPS) is 14.3. The first-order valence-corrected chi connectivity index (χ1v) is 6.51. The Hall–Kier alpha value is -1.74. The fourth-order valence-electron chi connectivity index (χ4n) is 2.46. The van der Waals surface area contributed by atoms with Gasteiger partial charge >= 0.3 is 0 Å². The van der Waals surface area contributed by atoms with Gasteiger partial charge in [-0.1, -0.05) is 25.1 Å². The maximum absolute atomic E-state index is 4.49. The Morgan fingerprint density at radius 2 is 2.22 bits per heavy atom. The van der Waals surface area contributed by atoms with E-state index in [-0.39, 0.29) is 0 Å². The Balaban J connectivity index is 2.10. The second-order valence-corrected chi connectivity index (χ2v) is 4.63. The molecule has 1 aliphatic rings. The van der Waals surface area contributed by atoms with Crippen molar-refractivity contribution in [2.75, 3.05) is 6.54 Å². The summed E-state index contributed by atoms with van der Waals surface area (Å²) in [4.78, 5) is 8.88. The Morgan fingerprint density at radius 3 is 3.11 bits per heavy atom. The van der Waals surface area contributed by atoms with Crippen molar-refractivity contribution in [3.05, 3.63) is 47.4 Å². The third-order valence-corrected chi connectivity index (χ3v) is 3.48. The molecule has 0 unspecified atom stereocenters. The Morgan fingerprint density at radius 1 is 1.28 bits per heavy atom. The number of nitrogens with one attached hydrogen (secondary N) is 1. The number of hydrogen-bond acceptors (Lipinski definition) is 3. The third-order valence-electron chi connectivity index (χ3n) is 3.48. The van der Waals surface area contributed by atoms with Crippen molar-refractivity contribution in [2.24, 2.45) is 0 Å². The van der Waals surface area contributed by atoms with Crippen LogP contribution in [0.1, 0.15) is 23.7 Å². The van der Waals surface area contributed by atoms with Crippen molar-refractivity contribution in [3.8, 4) is 11.3 Å². The van der Waals surface area contributed by atoms with E-state index < -0.39 is 0 Å². The Labute approximate surface area is 107 Å². The van der Waals surface area contributed by atoms with Crippen LogP contribution in [0.5, 0.6) is 0 Å². The molecule has 0 amide bonds. The number of aromatic nitrogens is 2. The number of nitrogens with zero attached hydrogens (tertiary/aromatic N) is 2. The van der Waals surface area contributed by atoms with Gasteiger partial charge in [0.1, 0.15) is 6.33 Å². The summed E-state index contributed by atoms with van der Waals surface area (Å²) >= 11 is 0. The molecule has 0 saturated heterocycles. The lowest BCUT2D eigenvalue weighted by atomic mass is 9.99. The molecular formula is C15H17N3. The van der Waals surface area contributed by atoms with Gasteiger partial charge < -0.3 is 5.32 Å². The van der Waals surface area contributed by atoms with Gasteiger partial charge in [-0.25, -0.2) is 9.97 Å². The monoisotopic (exact) mass is 239 g/mol. The summed E-state index contributed by atoms with van der Waals surface area (Å²) in [5, 5.41) is 3.40. The van der Waals surface area contributed by atoms with E-state index in [0.29, 0.717) is 0 Å². The van der Waals surface area contributed by atoms with E-state index in [4.69, 9.17) is 0 Å². The highest BCUT2D eigenvalue weighted by Gasteiger charge is 2.15. The molecular weight excluding hydrogens is 222 g/mol. The molecule has 1 aliphatic heterocycles. The summed E-state index contributed by atoms with van der Waals surface area (Å²) < 4.78 is 0. The van der Waals surface area contributed by atoms with Gasteiger partial charge in [0.25, 0.3) is 0 Å². The van der Waals surface area contributed by atoms with Crippen LogP contribution in [0.25, 0.3) is 11.3 Å². The molecule has 3 nitrogen and oxygen atoms in total. The molecule has 0 fully saturated rings. The molecule has 92 valence electrons. The summed E-state index contributed by atoms with van der Waals surface area (Å²) in [6, 6.07) is 8.64. The molecule has 1 aromatic heterocycles. The topological polar surface area (TPSA) is 37.8 Å². The van der Waals surface area contributed by atoms with Crippen molar-refractivity contribution in [2.45, 2.75) is 26.3 Å². The molecule has 3 rings (SSSR count). The number of rotatable bonds is 2. The van der Waals surface area contributed by atoms with Crippen LogP contribution < -0.4 is 5.32 Å². The molecule has 0 saturated carbocycles. The molecule has 0 radical (unpaired) electrons. The Bertz CT molecular complexity index is 563. The van der Waals surface area contributed by atoms with E-state index in [1.807, 2.05) is 0 Å². The lowest BCUT2D eigenvalue weighted by molar-refractivity contribution is 0.627. The molecule has 0 atom stereocenters. The van der Waals surface area contributed by atoms with Crippen LogP contribution in [0.3, 0.4) is 0 Å². The van der Waals surface area contributed by atoms with Gasteiger partial charge in [-0.3, -0.25) is 0 Å². The quantitative estimate of drug-likeness (QED) is 0.874. The van der Waals surface area contributed by atoms with Crippen LogP contribution in [0.2, 0.25) is 0 Å². The van der Waals surface area contributed by atoms with E-state index in [2.05, 4.69) is 46.5 Å². The molecule has 0 aliphatic carbocycles. The predicted octanol–water partition coefficient (Wildman–Crippen LogP) is 2.35. The lowest BCUT2D eigenvalue weighted by Gasteiger charge is -2.18. The molecule has 2 aromatic rings. The lowest BCUT2D eigenvalue weighted by Crippen LogP contribution is -2.25. The largest absolute Gasteiger partial charge is 0.312 e. The van der Waals surface area contributed by atoms with E-state index in [0.717, 1.165) is 31.6 Å². The summed E-state index contributed by atoms with van der Waals surface area (Å²) in [5.41, 5.74) is 6.10. The molecule has 1 aromatic carbocycles. The molecule has 1 N–H and O–H groups in total. The first-order valence-electron chi connectivity index (χ1n) is 6.51. The smallest absolute Gasteiger partial charge is 0.116 e. The van der Waals surface area contributed by atoms with E-state index >= 15 is 0 Å². The van der Waals surface area contributed by atoms with Crippen molar-refractivity contribution >= 4 is 0 Å². The predicted molar refractivity (Wildman–Crippen MR) is 72.3 cm³/mol. The Kier molecular flexibility index (Phi) is 3.07. The summed E-state index contributed by atoms with van der Waals surface area (Å²) in [6.07, 6.45) is 3.75. The van der Waals surface area contributed by atoms with Crippen LogP contribution in [-0.4, -0.2) is 16.5 Å². The highest BCUT2D eigenvalue weighted by Crippen LogP contribution is 2.25. The van der Waals surface area contributed by atoms with Crippen molar-refractivity contribution in [1.82, 2.24) is 15.3 Å². The van der Waals surface area contributed by atoms with Gasteiger partial charge in [0, 0.05) is 30.6 Å². The maximum Gasteiger partial charge on any atom is 0.116 e. The molecule has 18 heavy (non-hydrogen) atoms. The van der Waals surface area contributed by atoms with Gasteiger partial charge in [0.15, 0.2) is 0 Å². The first kappa shape index (κ1) is 11.4. The standard InChI is InChI=1S/C15H17N3/c1-2-11-4-3-5-12(8-11)15-13-9-16-7-6-14(13)17-10-18-15/h3-5,8,10,16H,2,6-7,9H2,1H3. The number of hydrogen-bond donors (Lipinski definition) is 1. The maximum atomic E-state index is 4.49. The van der Waals surface area contributed by atoms with E-state index in [1.54, 1.807) is 6.33 Å². The molecule has 0 spiro atoms. The SMILES string of the molecule is CCc1cccc(-c2ncnc3c2CNCC3)c1. The fourth-order valence-corrected chi connectivity index (χ4v) is 2.46. The van der Waals surface area contributed by atoms with Gasteiger partial charge in [0.2, 0.25) is 0 Å². The highest BCUT2D eigenvalue weighted by atomic mass is 14.9. The second-order valence-electron chi connectivity index (χ2n) is 4.63. The number of fused-ring (bicyclic) bond motifs is 1. The van der Waals surface area contributed by atoms with Crippen LogP contribution >= 0.6 is 0 Å². The fraction of sp³-hybridized carbons (Fsp3) is 0.333. The van der Waals surface area contributed by atoms with Gasteiger partial charge in [-0.15, -0.1) is 0 Å². The minimum Gasteiger partial charge on any atom is -0.312 e. The zero-order chi connectivity index (χ0) is 12.4. The minimum absolute atomic E-state index is 0.877. The van der Waals surface area contributed by atoms with Gasteiger partial charge in [-0.2, -0.15) is 0 Å². The van der Waals surface area contributed by atoms with E-state index in [9.17, 15) is 0 Å². The summed E-state index contributed by atoms with van der Waals surface area (Å²) in [7, 11) is 0. The zero-order valence-corrected chi connectivity index (χ0v) is 10.6. The molecule has 3 heteroatoms. The average molecular weight is 239 g/mol. The second kappa shape index (κ2) is 4.86. The van der Waals surface area contributed by atoms with Crippen LogP contribution in [0.15, 0.2) is 30.6 Å². The number of aryl methyl sites for hydroxylation is 1. The van der Waals surface area contributed by atoms with Crippen LogP contribution in [0, 0.1) is 0 Å². The molecule has 2 heterocycles. The van der Waals surface area contributed by atoms with Crippen LogP contribution in [-0.2, 0) is 19.4 Å². The third kappa shape index (κ3) is 2.02. The van der Waals surface area contributed by atoms with Crippen LogP contribution in [0.4, 0.5) is 0 Å². The highest BCUT2D eigenvalue weighted by molar-refractivity contribution is 5.64. The average Bonchev–Trinajstić information content (AvgIpc) is 2.47. The first-order chi connectivity index (χ1) is 8.88.